The average Bonchev–Trinajstić information content (AvgIpc) is 2.99. The van der Waals surface area contributed by atoms with Gasteiger partial charge in [-0.05, 0) is 38.3 Å². The lowest BCUT2D eigenvalue weighted by atomic mass is 10.2. The third-order valence-corrected chi connectivity index (χ3v) is 3.85. The maximum Gasteiger partial charge on any atom is 0.120 e. The van der Waals surface area contributed by atoms with E-state index in [1.54, 1.807) is 0 Å². The zero-order valence-corrected chi connectivity index (χ0v) is 11.0. The van der Waals surface area contributed by atoms with Gasteiger partial charge in [0.05, 0.1) is 0 Å². The van der Waals surface area contributed by atoms with Gasteiger partial charge in [0.2, 0.25) is 0 Å². The fourth-order valence-electron chi connectivity index (χ4n) is 1.62. The molecule has 0 radical (unpaired) electrons. The Hall–Kier alpha value is -0.480. The van der Waals surface area contributed by atoms with Crippen LogP contribution in [0.3, 0.4) is 0 Å². The molecular weight excluding hydrogens is 218 g/mol. The van der Waals surface area contributed by atoms with Crippen LogP contribution < -0.4 is 5.32 Å². The van der Waals surface area contributed by atoms with E-state index in [4.69, 9.17) is 0 Å². The summed E-state index contributed by atoms with van der Waals surface area (Å²) in [6.45, 7) is 6.68. The first-order valence-electron chi connectivity index (χ1n) is 6.28. The highest BCUT2D eigenvalue weighted by Gasteiger charge is 2.27. The highest BCUT2D eigenvalue weighted by Crippen LogP contribution is 2.41. The Morgan fingerprint density at radius 3 is 2.88 bits per heavy atom. The van der Waals surface area contributed by atoms with Gasteiger partial charge in [0.1, 0.15) is 10.0 Å². The van der Waals surface area contributed by atoms with E-state index >= 15 is 0 Å². The highest BCUT2D eigenvalue weighted by molar-refractivity contribution is 7.11. The van der Waals surface area contributed by atoms with Gasteiger partial charge in [0.25, 0.3) is 0 Å². The van der Waals surface area contributed by atoms with Gasteiger partial charge >= 0.3 is 0 Å². The highest BCUT2D eigenvalue weighted by atomic mass is 32.1. The summed E-state index contributed by atoms with van der Waals surface area (Å²) in [5, 5.41) is 14.4. The van der Waals surface area contributed by atoms with Crippen LogP contribution in [0.1, 0.15) is 49.0 Å². The molecule has 0 aliphatic heterocycles. The molecule has 0 atom stereocenters. The summed E-state index contributed by atoms with van der Waals surface area (Å²) < 4.78 is 0. The average molecular weight is 239 g/mol. The van der Waals surface area contributed by atoms with E-state index in [1.165, 1.54) is 29.3 Å². The molecule has 1 heterocycles. The number of nitrogens with one attached hydrogen (secondary N) is 1. The number of hydrogen-bond donors (Lipinski definition) is 1. The predicted molar refractivity (Wildman–Crippen MR) is 67.9 cm³/mol. The van der Waals surface area contributed by atoms with Crippen LogP contribution in [0.5, 0.6) is 0 Å². The summed E-state index contributed by atoms with van der Waals surface area (Å²) in [7, 11) is 0. The van der Waals surface area contributed by atoms with Crippen molar-refractivity contribution < 1.29 is 0 Å². The molecule has 4 heteroatoms. The number of aryl methyl sites for hydroxylation is 1. The quantitative estimate of drug-likeness (QED) is 0.743. The second kappa shape index (κ2) is 5.73. The molecule has 0 amide bonds. The van der Waals surface area contributed by atoms with Crippen molar-refractivity contribution in [3.63, 3.8) is 0 Å². The molecule has 1 saturated carbocycles. The molecule has 90 valence electrons. The summed E-state index contributed by atoms with van der Waals surface area (Å²) in [6.07, 6.45) is 4.90. The normalized spacial score (nSPS) is 15.9. The molecule has 1 aromatic rings. The first kappa shape index (κ1) is 12.0. The second-order valence-electron chi connectivity index (χ2n) is 5.01. The van der Waals surface area contributed by atoms with Crippen molar-refractivity contribution in [2.45, 2.75) is 45.4 Å². The maximum atomic E-state index is 4.25. The van der Waals surface area contributed by atoms with Gasteiger partial charge in [0.15, 0.2) is 0 Å². The number of nitrogens with zero attached hydrogens (tertiary/aromatic N) is 2. The lowest BCUT2D eigenvalue weighted by Gasteiger charge is -2.05. The zero-order chi connectivity index (χ0) is 11.4. The van der Waals surface area contributed by atoms with Crippen molar-refractivity contribution in [2.24, 2.45) is 5.92 Å². The molecular formula is C12H21N3S. The third-order valence-electron chi connectivity index (χ3n) is 2.71. The summed E-state index contributed by atoms with van der Waals surface area (Å²) in [4.78, 5) is 0. The van der Waals surface area contributed by atoms with Crippen molar-refractivity contribution in [1.29, 1.82) is 0 Å². The Morgan fingerprint density at radius 1 is 1.38 bits per heavy atom. The fourth-order valence-corrected chi connectivity index (χ4v) is 2.67. The van der Waals surface area contributed by atoms with E-state index in [9.17, 15) is 0 Å². The van der Waals surface area contributed by atoms with Crippen LogP contribution in [-0.2, 0) is 6.42 Å². The van der Waals surface area contributed by atoms with E-state index in [-0.39, 0.29) is 0 Å². The van der Waals surface area contributed by atoms with E-state index in [1.807, 2.05) is 11.3 Å². The monoisotopic (exact) mass is 239 g/mol. The lowest BCUT2D eigenvalue weighted by molar-refractivity contribution is 0.542. The van der Waals surface area contributed by atoms with Crippen LogP contribution in [0.15, 0.2) is 0 Å². The van der Waals surface area contributed by atoms with Crippen molar-refractivity contribution in [1.82, 2.24) is 15.5 Å². The van der Waals surface area contributed by atoms with Gasteiger partial charge in [-0.3, -0.25) is 0 Å². The molecule has 0 aromatic carbocycles. The van der Waals surface area contributed by atoms with Crippen LogP contribution >= 0.6 is 11.3 Å². The van der Waals surface area contributed by atoms with Gasteiger partial charge < -0.3 is 5.32 Å². The molecule has 1 aliphatic rings. The van der Waals surface area contributed by atoms with Crippen LogP contribution in [0.2, 0.25) is 0 Å². The van der Waals surface area contributed by atoms with Gasteiger partial charge in [-0.15, -0.1) is 21.5 Å². The molecule has 0 spiro atoms. The molecule has 1 aromatic heterocycles. The van der Waals surface area contributed by atoms with Crippen molar-refractivity contribution in [3.8, 4) is 0 Å². The molecule has 1 N–H and O–H groups in total. The van der Waals surface area contributed by atoms with Crippen LogP contribution in [0.4, 0.5) is 0 Å². The van der Waals surface area contributed by atoms with Crippen molar-refractivity contribution in [2.75, 3.05) is 13.1 Å². The van der Waals surface area contributed by atoms with Gasteiger partial charge in [-0.1, -0.05) is 13.8 Å². The van der Waals surface area contributed by atoms with Crippen LogP contribution in [0.25, 0.3) is 0 Å². The van der Waals surface area contributed by atoms with Gasteiger partial charge in [-0.25, -0.2) is 0 Å². The van der Waals surface area contributed by atoms with Gasteiger partial charge in [-0.2, -0.15) is 0 Å². The van der Waals surface area contributed by atoms with Crippen molar-refractivity contribution >= 4 is 11.3 Å². The first-order chi connectivity index (χ1) is 7.75. The second-order valence-corrected chi connectivity index (χ2v) is 6.10. The van der Waals surface area contributed by atoms with Crippen molar-refractivity contribution in [3.05, 3.63) is 10.0 Å². The Labute approximate surface area is 102 Å². The molecule has 16 heavy (non-hydrogen) atoms. The number of aromatic nitrogens is 2. The summed E-state index contributed by atoms with van der Waals surface area (Å²) in [6, 6.07) is 0. The predicted octanol–water partition coefficient (Wildman–Crippen LogP) is 2.59. The fraction of sp³-hybridized carbons (Fsp3) is 0.833. The van der Waals surface area contributed by atoms with E-state index < -0.39 is 0 Å². The Morgan fingerprint density at radius 2 is 2.19 bits per heavy atom. The third kappa shape index (κ3) is 3.83. The molecule has 2 rings (SSSR count). The molecule has 3 nitrogen and oxygen atoms in total. The van der Waals surface area contributed by atoms with Crippen LogP contribution in [0, 0.1) is 5.92 Å². The zero-order valence-electron chi connectivity index (χ0n) is 10.2. The Balaban J connectivity index is 1.61. The molecule has 1 fully saturated rings. The van der Waals surface area contributed by atoms with Crippen LogP contribution in [-0.4, -0.2) is 23.3 Å². The first-order valence-corrected chi connectivity index (χ1v) is 7.10. The minimum absolute atomic E-state index is 0.739. The summed E-state index contributed by atoms with van der Waals surface area (Å²) >= 11 is 1.82. The van der Waals surface area contributed by atoms with E-state index in [2.05, 4.69) is 29.4 Å². The topological polar surface area (TPSA) is 37.8 Å². The molecule has 1 aliphatic carbocycles. The molecule has 0 saturated heterocycles. The summed E-state index contributed by atoms with van der Waals surface area (Å²) in [5.74, 6) is 1.49. The Bertz CT molecular complexity index is 318. The number of hydrogen-bond acceptors (Lipinski definition) is 4. The Kier molecular flexibility index (Phi) is 4.29. The lowest BCUT2D eigenvalue weighted by Crippen LogP contribution is -2.21. The van der Waals surface area contributed by atoms with E-state index in [0.29, 0.717) is 0 Å². The smallest absolute Gasteiger partial charge is 0.120 e. The minimum Gasteiger partial charge on any atom is -0.316 e. The standard InChI is InChI=1S/C12H21N3S/c1-9(2)8-13-7-3-4-11-14-15-12(16-11)10-5-6-10/h9-10,13H,3-8H2,1-2H3. The number of rotatable bonds is 7. The largest absolute Gasteiger partial charge is 0.316 e. The molecule has 0 bridgehead atoms. The SMILES string of the molecule is CC(C)CNCCCc1nnc(C2CC2)s1. The maximum absolute atomic E-state index is 4.25. The molecule has 0 unspecified atom stereocenters. The van der Waals surface area contributed by atoms with Gasteiger partial charge in [0, 0.05) is 12.3 Å². The minimum atomic E-state index is 0.739. The summed E-state index contributed by atoms with van der Waals surface area (Å²) in [5.41, 5.74) is 0. The van der Waals surface area contributed by atoms with E-state index in [0.717, 1.165) is 31.3 Å².